The van der Waals surface area contributed by atoms with Crippen LogP contribution >= 0.6 is 11.9 Å². The summed E-state index contributed by atoms with van der Waals surface area (Å²) in [6.45, 7) is 8.28. The second kappa shape index (κ2) is 11.4. The van der Waals surface area contributed by atoms with Crippen LogP contribution in [0.5, 0.6) is 5.75 Å². The van der Waals surface area contributed by atoms with Crippen LogP contribution in [0, 0.1) is 6.92 Å². The lowest BCUT2D eigenvalue weighted by Gasteiger charge is -2.24. The summed E-state index contributed by atoms with van der Waals surface area (Å²) in [4.78, 5) is 17.6. The maximum atomic E-state index is 13.3. The number of carbonyl (C=O) groups is 1. The highest BCUT2D eigenvalue weighted by Gasteiger charge is 2.21. The van der Waals surface area contributed by atoms with Gasteiger partial charge in [-0.15, -0.1) is 0 Å². The Hall–Kier alpha value is -3.69. The molecule has 0 aliphatic carbocycles. The molecule has 0 atom stereocenters. The molecule has 6 N–H and O–H groups in total. The summed E-state index contributed by atoms with van der Waals surface area (Å²) >= 11 is 1.46. The minimum absolute atomic E-state index is 0.127. The molecule has 0 aliphatic rings. The zero-order valence-electron chi connectivity index (χ0n) is 21.5. The third-order valence-corrected chi connectivity index (χ3v) is 6.03. The SMILES string of the molecule is COc1c(NSC)cc(C(C)(C)C)cc1NC(=O)c1ccc(C)c(N(N)/C=C(\N)c2ccccn2)c1. The van der Waals surface area contributed by atoms with E-state index in [0.29, 0.717) is 34.1 Å². The van der Waals surface area contributed by atoms with Crippen molar-refractivity contribution in [1.29, 1.82) is 0 Å². The summed E-state index contributed by atoms with van der Waals surface area (Å²) in [5, 5.41) is 4.42. The second-order valence-electron chi connectivity index (χ2n) is 9.32. The average molecular weight is 507 g/mol. The van der Waals surface area contributed by atoms with Gasteiger partial charge in [0.25, 0.3) is 5.91 Å². The van der Waals surface area contributed by atoms with Crippen LogP contribution in [0.15, 0.2) is 60.9 Å². The monoisotopic (exact) mass is 506 g/mol. The molecule has 1 amide bonds. The normalized spacial score (nSPS) is 11.7. The van der Waals surface area contributed by atoms with Crippen molar-refractivity contribution in [2.24, 2.45) is 11.6 Å². The summed E-state index contributed by atoms with van der Waals surface area (Å²) in [6.07, 6.45) is 5.18. The smallest absolute Gasteiger partial charge is 0.255 e. The number of benzene rings is 2. The molecule has 2 aromatic carbocycles. The molecular formula is C27H34N6O2S. The molecule has 1 heterocycles. The maximum absolute atomic E-state index is 13.3. The van der Waals surface area contributed by atoms with Gasteiger partial charge in [-0.2, -0.15) is 0 Å². The Labute approximate surface area is 217 Å². The van der Waals surface area contributed by atoms with E-state index < -0.39 is 0 Å². The molecule has 36 heavy (non-hydrogen) atoms. The van der Waals surface area contributed by atoms with E-state index >= 15 is 0 Å². The Kier molecular flexibility index (Phi) is 8.49. The number of hydrogen-bond donors (Lipinski definition) is 4. The molecule has 0 fully saturated rings. The van der Waals surface area contributed by atoms with Gasteiger partial charge in [-0.25, -0.2) is 5.84 Å². The molecule has 1 aromatic heterocycles. The molecule has 8 nitrogen and oxygen atoms in total. The van der Waals surface area contributed by atoms with Gasteiger partial charge in [0.15, 0.2) is 5.75 Å². The highest BCUT2D eigenvalue weighted by molar-refractivity contribution is 7.99. The van der Waals surface area contributed by atoms with E-state index in [1.807, 2.05) is 43.5 Å². The van der Waals surface area contributed by atoms with Gasteiger partial charge < -0.3 is 20.5 Å². The number of ether oxygens (including phenoxy) is 1. The molecule has 0 saturated carbocycles. The highest BCUT2D eigenvalue weighted by atomic mass is 32.2. The summed E-state index contributed by atoms with van der Waals surface area (Å²) < 4.78 is 8.90. The molecule has 9 heteroatoms. The Morgan fingerprint density at radius 3 is 2.47 bits per heavy atom. The van der Waals surface area contributed by atoms with Gasteiger partial charge in [0, 0.05) is 24.2 Å². The number of pyridine rings is 1. The van der Waals surface area contributed by atoms with Crippen molar-refractivity contribution >= 4 is 40.6 Å². The van der Waals surface area contributed by atoms with E-state index in [1.54, 1.807) is 37.7 Å². The molecule has 190 valence electrons. The van der Waals surface area contributed by atoms with Crippen molar-refractivity contribution in [3.63, 3.8) is 0 Å². The van der Waals surface area contributed by atoms with Gasteiger partial charge >= 0.3 is 0 Å². The highest BCUT2D eigenvalue weighted by Crippen LogP contribution is 2.39. The van der Waals surface area contributed by atoms with Crippen LogP contribution in [0.25, 0.3) is 5.70 Å². The number of hydrogen-bond acceptors (Lipinski definition) is 8. The number of methoxy groups -OCH3 is 1. The molecule has 0 aliphatic heterocycles. The third-order valence-electron chi connectivity index (χ3n) is 5.61. The summed E-state index contributed by atoms with van der Waals surface area (Å²) in [5.41, 5.74) is 11.5. The lowest BCUT2D eigenvalue weighted by Crippen LogP contribution is -2.27. The van der Waals surface area contributed by atoms with E-state index in [0.717, 1.165) is 16.8 Å². The van der Waals surface area contributed by atoms with Gasteiger partial charge in [0.1, 0.15) is 0 Å². The summed E-state index contributed by atoms with van der Waals surface area (Å²) in [7, 11) is 1.59. The van der Waals surface area contributed by atoms with Crippen molar-refractivity contribution < 1.29 is 9.53 Å². The van der Waals surface area contributed by atoms with Crippen LogP contribution in [0.2, 0.25) is 0 Å². The third kappa shape index (κ3) is 6.30. The van der Waals surface area contributed by atoms with Crippen LogP contribution in [-0.2, 0) is 5.41 Å². The number of rotatable bonds is 8. The van der Waals surface area contributed by atoms with Crippen molar-refractivity contribution in [2.45, 2.75) is 33.1 Å². The topological polar surface area (TPSA) is 119 Å². The van der Waals surface area contributed by atoms with E-state index in [1.165, 1.54) is 17.0 Å². The molecule has 3 rings (SSSR count). The fraction of sp³-hybridized carbons (Fsp3) is 0.259. The molecule has 0 bridgehead atoms. The van der Waals surface area contributed by atoms with Crippen LogP contribution in [-0.4, -0.2) is 24.3 Å². The number of aryl methyl sites for hydroxylation is 1. The first-order valence-electron chi connectivity index (χ1n) is 11.4. The zero-order valence-corrected chi connectivity index (χ0v) is 22.4. The Bertz CT molecular complexity index is 1260. The number of carbonyl (C=O) groups excluding carboxylic acids is 1. The van der Waals surface area contributed by atoms with Crippen molar-refractivity contribution in [2.75, 3.05) is 28.4 Å². The van der Waals surface area contributed by atoms with E-state index in [-0.39, 0.29) is 11.3 Å². The fourth-order valence-electron chi connectivity index (χ4n) is 3.60. The number of aromatic nitrogens is 1. The van der Waals surface area contributed by atoms with Crippen LogP contribution in [0.4, 0.5) is 17.1 Å². The van der Waals surface area contributed by atoms with Gasteiger partial charge in [0.2, 0.25) is 0 Å². The summed E-state index contributed by atoms with van der Waals surface area (Å²) in [5.74, 6) is 6.58. The number of anilines is 3. The maximum Gasteiger partial charge on any atom is 0.255 e. The number of amides is 1. The minimum Gasteiger partial charge on any atom is -0.492 e. The quantitative estimate of drug-likeness (QED) is 0.185. The molecule has 0 spiro atoms. The van der Waals surface area contributed by atoms with Crippen molar-refractivity contribution in [1.82, 2.24) is 4.98 Å². The van der Waals surface area contributed by atoms with E-state index in [4.69, 9.17) is 16.3 Å². The Morgan fingerprint density at radius 2 is 1.86 bits per heavy atom. The standard InChI is InChI=1S/C27H34N6O2S/c1-17-10-11-18(13-24(17)33(29)16-20(28)21-9-7-8-12-30-21)26(34)31-22-14-19(27(2,3)4)15-23(32-36-6)25(22)35-5/h7-16,32H,28-29H2,1-6H3,(H,31,34)/b20-16-. The number of nitrogens with one attached hydrogen (secondary N) is 2. The van der Waals surface area contributed by atoms with Crippen LogP contribution in [0.3, 0.4) is 0 Å². The number of nitrogens with two attached hydrogens (primary N) is 2. The summed E-state index contributed by atoms with van der Waals surface area (Å²) in [6, 6.07) is 14.8. The minimum atomic E-state index is -0.286. The van der Waals surface area contributed by atoms with Crippen LogP contribution < -0.4 is 31.4 Å². The van der Waals surface area contributed by atoms with Gasteiger partial charge in [-0.3, -0.25) is 14.8 Å². The van der Waals surface area contributed by atoms with E-state index in [9.17, 15) is 4.79 Å². The van der Waals surface area contributed by atoms with E-state index in [2.05, 4.69) is 35.8 Å². The predicted octanol–water partition coefficient (Wildman–Crippen LogP) is 5.28. The number of hydrazine groups is 1. The first-order chi connectivity index (χ1) is 17.0. The van der Waals surface area contributed by atoms with Crippen LogP contribution in [0.1, 0.15) is 48.0 Å². The van der Waals surface area contributed by atoms with Gasteiger partial charge in [-0.1, -0.05) is 44.9 Å². The first kappa shape index (κ1) is 26.9. The lowest BCUT2D eigenvalue weighted by molar-refractivity contribution is 0.102. The number of nitrogens with zero attached hydrogens (tertiary/aromatic N) is 2. The average Bonchev–Trinajstić information content (AvgIpc) is 2.84. The molecular weight excluding hydrogens is 472 g/mol. The largest absolute Gasteiger partial charge is 0.492 e. The van der Waals surface area contributed by atoms with Gasteiger partial charge in [0.05, 0.1) is 35.6 Å². The molecule has 0 unspecified atom stereocenters. The molecule has 0 saturated heterocycles. The fourth-order valence-corrected chi connectivity index (χ4v) is 3.97. The predicted molar refractivity (Wildman–Crippen MR) is 151 cm³/mol. The lowest BCUT2D eigenvalue weighted by atomic mass is 9.86. The Morgan fingerprint density at radius 1 is 1.14 bits per heavy atom. The van der Waals surface area contributed by atoms with Crippen molar-refractivity contribution in [3.05, 3.63) is 83.3 Å². The first-order valence-corrected chi connectivity index (χ1v) is 12.6. The van der Waals surface area contributed by atoms with Crippen molar-refractivity contribution in [3.8, 4) is 5.75 Å². The molecule has 0 radical (unpaired) electrons. The Balaban J connectivity index is 1.94. The second-order valence-corrected chi connectivity index (χ2v) is 9.94. The van der Waals surface area contributed by atoms with Gasteiger partial charge in [-0.05, 0) is 59.9 Å². The molecule has 3 aromatic rings. The zero-order chi connectivity index (χ0) is 26.5.